The van der Waals surface area contributed by atoms with Crippen molar-refractivity contribution in [3.8, 4) is 0 Å². The van der Waals surface area contributed by atoms with Crippen LogP contribution in [0.4, 0.5) is 0 Å². The van der Waals surface area contributed by atoms with Crippen LogP contribution in [0.3, 0.4) is 0 Å². The molecule has 0 spiro atoms. The predicted molar refractivity (Wildman–Crippen MR) is 86.8 cm³/mol. The van der Waals surface area contributed by atoms with Gasteiger partial charge in [-0.3, -0.25) is 4.68 Å². The summed E-state index contributed by atoms with van der Waals surface area (Å²) < 4.78 is 2.04. The van der Waals surface area contributed by atoms with Gasteiger partial charge in [-0.05, 0) is 19.4 Å². The van der Waals surface area contributed by atoms with Crippen LogP contribution in [0, 0.1) is 0 Å². The second-order valence-electron chi connectivity index (χ2n) is 5.76. The highest BCUT2D eigenvalue weighted by molar-refractivity contribution is 5.03. The first-order chi connectivity index (χ1) is 9.86. The van der Waals surface area contributed by atoms with E-state index in [1.165, 1.54) is 56.9 Å². The number of unbranched alkanes of at least 4 members (excludes halogenated alkanes) is 7. The summed E-state index contributed by atoms with van der Waals surface area (Å²) in [6, 6.07) is 0. The summed E-state index contributed by atoms with van der Waals surface area (Å²) >= 11 is 0. The van der Waals surface area contributed by atoms with Gasteiger partial charge in [-0.1, -0.05) is 58.8 Å². The zero-order valence-electron chi connectivity index (χ0n) is 13.5. The topological polar surface area (TPSA) is 29.9 Å². The average molecular weight is 279 g/mol. The fourth-order valence-electron chi connectivity index (χ4n) is 2.47. The minimum atomic E-state index is 0.959. The van der Waals surface area contributed by atoms with E-state index in [9.17, 15) is 0 Å². The summed E-state index contributed by atoms with van der Waals surface area (Å²) in [6.45, 7) is 7.58. The van der Waals surface area contributed by atoms with Crippen molar-refractivity contribution < 1.29 is 0 Å². The van der Waals surface area contributed by atoms with Crippen LogP contribution in [0.15, 0.2) is 12.4 Å². The van der Waals surface area contributed by atoms with E-state index in [2.05, 4.69) is 30.5 Å². The molecule has 0 aliphatic rings. The molecule has 20 heavy (non-hydrogen) atoms. The highest BCUT2D eigenvalue weighted by Gasteiger charge is 1.97. The fourth-order valence-corrected chi connectivity index (χ4v) is 2.47. The van der Waals surface area contributed by atoms with Crippen LogP contribution in [0.2, 0.25) is 0 Å². The van der Waals surface area contributed by atoms with Crippen molar-refractivity contribution in [3.05, 3.63) is 18.0 Å². The van der Waals surface area contributed by atoms with E-state index in [0.717, 1.165) is 26.1 Å². The first-order valence-corrected chi connectivity index (χ1v) is 8.58. The quantitative estimate of drug-likeness (QED) is 0.538. The van der Waals surface area contributed by atoms with Gasteiger partial charge in [0.1, 0.15) is 0 Å². The molecule has 0 aliphatic carbocycles. The number of aryl methyl sites for hydroxylation is 1. The van der Waals surface area contributed by atoms with E-state index in [1.807, 2.05) is 10.9 Å². The first kappa shape index (κ1) is 17.2. The number of aromatic nitrogens is 2. The molecule has 0 atom stereocenters. The Labute approximate surface area is 125 Å². The molecule has 1 aromatic rings. The number of nitrogens with zero attached hydrogens (tertiary/aromatic N) is 2. The second kappa shape index (κ2) is 12.0. The maximum Gasteiger partial charge on any atom is 0.0534 e. The minimum absolute atomic E-state index is 0.959. The summed E-state index contributed by atoms with van der Waals surface area (Å²) in [5, 5.41) is 7.86. The van der Waals surface area contributed by atoms with Crippen molar-refractivity contribution in [3.63, 3.8) is 0 Å². The monoisotopic (exact) mass is 279 g/mol. The van der Waals surface area contributed by atoms with Crippen LogP contribution in [0.1, 0.15) is 77.2 Å². The third-order valence-electron chi connectivity index (χ3n) is 3.68. The largest absolute Gasteiger partial charge is 0.313 e. The number of hydrogen-bond acceptors (Lipinski definition) is 2. The predicted octanol–water partition coefficient (Wildman–Crippen LogP) is 4.52. The Kier molecular flexibility index (Phi) is 10.3. The molecule has 3 heteroatoms. The van der Waals surface area contributed by atoms with Gasteiger partial charge in [0, 0.05) is 24.8 Å². The molecule has 1 rings (SSSR count). The van der Waals surface area contributed by atoms with Crippen LogP contribution < -0.4 is 5.32 Å². The van der Waals surface area contributed by atoms with Gasteiger partial charge in [-0.2, -0.15) is 5.10 Å². The minimum Gasteiger partial charge on any atom is -0.313 e. The van der Waals surface area contributed by atoms with Crippen molar-refractivity contribution in [2.45, 2.75) is 84.7 Å². The zero-order chi connectivity index (χ0) is 14.5. The van der Waals surface area contributed by atoms with Crippen molar-refractivity contribution >= 4 is 0 Å². The summed E-state index contributed by atoms with van der Waals surface area (Å²) in [7, 11) is 0. The van der Waals surface area contributed by atoms with E-state index in [4.69, 9.17) is 0 Å². The Morgan fingerprint density at radius 3 is 2.35 bits per heavy atom. The van der Waals surface area contributed by atoms with Crippen molar-refractivity contribution in [2.75, 3.05) is 6.54 Å². The summed E-state index contributed by atoms with van der Waals surface area (Å²) in [5.41, 5.74) is 1.30. The van der Waals surface area contributed by atoms with Gasteiger partial charge in [-0.15, -0.1) is 0 Å². The standard InChI is InChI=1S/C17H33N3/c1-3-5-6-7-8-9-10-11-12-18-14-17-15-19-20(16-17)13-4-2/h15-16,18H,3-14H2,1-2H3. The van der Waals surface area contributed by atoms with Crippen LogP contribution in [-0.2, 0) is 13.1 Å². The van der Waals surface area contributed by atoms with Gasteiger partial charge in [0.05, 0.1) is 6.20 Å². The molecule has 0 aromatic carbocycles. The van der Waals surface area contributed by atoms with E-state index < -0.39 is 0 Å². The van der Waals surface area contributed by atoms with Gasteiger partial charge in [0.2, 0.25) is 0 Å². The van der Waals surface area contributed by atoms with Crippen LogP contribution >= 0.6 is 0 Å². The molecule has 1 aromatic heterocycles. The summed E-state index contributed by atoms with van der Waals surface area (Å²) in [6.07, 6.45) is 16.4. The molecular weight excluding hydrogens is 246 g/mol. The van der Waals surface area contributed by atoms with Gasteiger partial charge in [-0.25, -0.2) is 0 Å². The SMILES string of the molecule is CCCCCCCCCCNCc1cnn(CCC)c1. The summed E-state index contributed by atoms with van der Waals surface area (Å²) in [4.78, 5) is 0. The first-order valence-electron chi connectivity index (χ1n) is 8.58. The van der Waals surface area contributed by atoms with E-state index >= 15 is 0 Å². The lowest BCUT2D eigenvalue weighted by Gasteiger charge is -2.03. The van der Waals surface area contributed by atoms with Crippen molar-refractivity contribution in [1.29, 1.82) is 0 Å². The molecule has 0 saturated carbocycles. The number of rotatable bonds is 13. The molecule has 0 saturated heterocycles. The zero-order valence-corrected chi connectivity index (χ0v) is 13.5. The molecule has 0 unspecified atom stereocenters. The van der Waals surface area contributed by atoms with E-state index in [1.54, 1.807) is 0 Å². The Bertz CT molecular complexity index is 320. The van der Waals surface area contributed by atoms with Crippen LogP contribution in [-0.4, -0.2) is 16.3 Å². The molecule has 3 nitrogen and oxygen atoms in total. The molecule has 1 N–H and O–H groups in total. The highest BCUT2D eigenvalue weighted by Crippen LogP contribution is 2.08. The van der Waals surface area contributed by atoms with Gasteiger partial charge in [0.25, 0.3) is 0 Å². The molecule has 0 bridgehead atoms. The number of hydrogen-bond donors (Lipinski definition) is 1. The smallest absolute Gasteiger partial charge is 0.0534 e. The second-order valence-corrected chi connectivity index (χ2v) is 5.76. The third kappa shape index (κ3) is 8.36. The fraction of sp³-hybridized carbons (Fsp3) is 0.824. The molecule has 0 aliphatic heterocycles. The van der Waals surface area contributed by atoms with Crippen LogP contribution in [0.5, 0.6) is 0 Å². The lowest BCUT2D eigenvalue weighted by molar-refractivity contribution is 0.554. The molecule has 0 amide bonds. The third-order valence-corrected chi connectivity index (χ3v) is 3.68. The lowest BCUT2D eigenvalue weighted by atomic mass is 10.1. The van der Waals surface area contributed by atoms with E-state index in [0.29, 0.717) is 0 Å². The Morgan fingerprint density at radius 2 is 1.65 bits per heavy atom. The molecular formula is C17H33N3. The summed E-state index contributed by atoms with van der Waals surface area (Å²) in [5.74, 6) is 0. The molecule has 1 heterocycles. The Hall–Kier alpha value is -0.830. The number of nitrogens with one attached hydrogen (secondary N) is 1. The van der Waals surface area contributed by atoms with Gasteiger partial charge in [0.15, 0.2) is 0 Å². The molecule has 0 fully saturated rings. The molecule has 116 valence electrons. The normalized spacial score (nSPS) is 11.1. The Balaban J connectivity index is 1.89. The maximum atomic E-state index is 4.35. The highest BCUT2D eigenvalue weighted by atomic mass is 15.3. The van der Waals surface area contributed by atoms with Crippen molar-refractivity contribution in [2.24, 2.45) is 0 Å². The van der Waals surface area contributed by atoms with Crippen LogP contribution in [0.25, 0.3) is 0 Å². The van der Waals surface area contributed by atoms with E-state index in [-0.39, 0.29) is 0 Å². The molecule has 0 radical (unpaired) electrons. The lowest BCUT2D eigenvalue weighted by Crippen LogP contribution is -2.14. The maximum absolute atomic E-state index is 4.35. The average Bonchev–Trinajstić information content (AvgIpc) is 2.89. The van der Waals surface area contributed by atoms with Gasteiger partial charge < -0.3 is 5.32 Å². The Morgan fingerprint density at radius 1 is 0.950 bits per heavy atom. The van der Waals surface area contributed by atoms with Gasteiger partial charge >= 0.3 is 0 Å². The van der Waals surface area contributed by atoms with Crippen molar-refractivity contribution in [1.82, 2.24) is 15.1 Å².